The minimum Gasteiger partial charge on any atom is -0.444 e. The average Bonchev–Trinajstić information content (AvgIpc) is 3.29. The second-order valence-electron chi connectivity index (χ2n) is 6.19. The van der Waals surface area contributed by atoms with Crippen molar-refractivity contribution in [1.82, 2.24) is 10.1 Å². The first kappa shape index (κ1) is 16.1. The highest BCUT2D eigenvalue weighted by molar-refractivity contribution is 9.10. The lowest BCUT2D eigenvalue weighted by atomic mass is 10.1. The van der Waals surface area contributed by atoms with Gasteiger partial charge in [-0.1, -0.05) is 17.3 Å². The molecule has 1 atom stereocenters. The van der Waals surface area contributed by atoms with E-state index in [-0.39, 0.29) is 11.8 Å². The van der Waals surface area contributed by atoms with E-state index in [9.17, 15) is 4.79 Å². The monoisotopic (exact) mass is 401 g/mol. The van der Waals surface area contributed by atoms with E-state index in [1.54, 1.807) is 12.1 Å². The third kappa shape index (κ3) is 2.89. The van der Waals surface area contributed by atoms with E-state index in [2.05, 4.69) is 26.1 Å². The van der Waals surface area contributed by atoms with Gasteiger partial charge in [0.05, 0.1) is 0 Å². The van der Waals surface area contributed by atoms with Crippen LogP contribution in [0.2, 0.25) is 0 Å². The molecule has 1 aliphatic heterocycles. The van der Waals surface area contributed by atoms with E-state index in [1.807, 2.05) is 36.9 Å². The van der Waals surface area contributed by atoms with Gasteiger partial charge in [-0.05, 0) is 59.1 Å². The summed E-state index contributed by atoms with van der Waals surface area (Å²) in [7, 11) is 0. The number of furan rings is 1. The topological polar surface area (TPSA) is 72.4 Å². The molecule has 0 saturated carbocycles. The molecular formula is C18H16BrN3O3. The predicted molar refractivity (Wildman–Crippen MR) is 95.3 cm³/mol. The van der Waals surface area contributed by atoms with Crippen molar-refractivity contribution in [3.05, 3.63) is 52.0 Å². The molecule has 3 aromatic rings. The quantitative estimate of drug-likeness (QED) is 0.656. The number of anilines is 1. The molecule has 4 rings (SSSR count). The Morgan fingerprint density at radius 3 is 2.84 bits per heavy atom. The van der Waals surface area contributed by atoms with Crippen LogP contribution >= 0.6 is 15.9 Å². The molecule has 0 spiro atoms. The molecule has 1 saturated heterocycles. The zero-order chi connectivity index (χ0) is 17.6. The van der Waals surface area contributed by atoms with Crippen LogP contribution in [0.4, 0.5) is 5.69 Å². The molecule has 128 valence electrons. The standard InChI is InChI=1S/C18H16BrN3O3/c1-10-4-3-5-13(11(10)2)22-9-12(8-16(22)23)17-20-18(25-21-17)14-6-7-15(19)24-14/h3-7,12H,8-9H2,1-2H3. The number of carbonyl (C=O) groups is 1. The van der Waals surface area contributed by atoms with Gasteiger partial charge in [0.25, 0.3) is 5.89 Å². The molecule has 25 heavy (non-hydrogen) atoms. The van der Waals surface area contributed by atoms with Crippen LogP contribution in [-0.2, 0) is 4.79 Å². The zero-order valence-corrected chi connectivity index (χ0v) is 15.4. The first-order chi connectivity index (χ1) is 12.0. The lowest BCUT2D eigenvalue weighted by Crippen LogP contribution is -2.25. The Morgan fingerprint density at radius 2 is 2.08 bits per heavy atom. The normalized spacial score (nSPS) is 17.5. The van der Waals surface area contributed by atoms with Crippen LogP contribution in [0.15, 0.2) is 43.9 Å². The van der Waals surface area contributed by atoms with Crippen molar-refractivity contribution in [2.24, 2.45) is 0 Å². The Kier molecular flexibility index (Phi) is 3.95. The Morgan fingerprint density at radius 1 is 1.24 bits per heavy atom. The first-order valence-electron chi connectivity index (χ1n) is 7.99. The Hall–Kier alpha value is -2.41. The van der Waals surface area contributed by atoms with Crippen LogP contribution in [-0.4, -0.2) is 22.6 Å². The van der Waals surface area contributed by atoms with E-state index in [0.717, 1.165) is 11.3 Å². The van der Waals surface area contributed by atoms with Gasteiger partial charge < -0.3 is 13.8 Å². The Labute approximate surface area is 152 Å². The molecule has 3 heterocycles. The minimum absolute atomic E-state index is 0.0748. The number of nitrogens with zero attached hydrogens (tertiary/aromatic N) is 3. The molecule has 1 fully saturated rings. The zero-order valence-electron chi connectivity index (χ0n) is 13.8. The second-order valence-corrected chi connectivity index (χ2v) is 6.97. The van der Waals surface area contributed by atoms with Crippen LogP contribution in [0.5, 0.6) is 0 Å². The summed E-state index contributed by atoms with van der Waals surface area (Å²) in [6, 6.07) is 9.51. The molecular weight excluding hydrogens is 386 g/mol. The van der Waals surface area contributed by atoms with Gasteiger partial charge in [0.1, 0.15) is 0 Å². The fourth-order valence-corrected chi connectivity index (χ4v) is 3.38. The predicted octanol–water partition coefficient (Wildman–Crippen LogP) is 4.23. The molecule has 0 aliphatic carbocycles. The van der Waals surface area contributed by atoms with E-state index in [1.165, 1.54) is 5.56 Å². The largest absolute Gasteiger partial charge is 0.444 e. The van der Waals surface area contributed by atoms with E-state index < -0.39 is 0 Å². The molecule has 1 aliphatic rings. The van der Waals surface area contributed by atoms with E-state index in [0.29, 0.717) is 35.1 Å². The minimum atomic E-state index is -0.0942. The number of carbonyl (C=O) groups excluding carboxylic acids is 1. The Balaban J connectivity index is 1.58. The summed E-state index contributed by atoms with van der Waals surface area (Å²) in [6.07, 6.45) is 0.369. The Bertz CT molecular complexity index is 947. The average molecular weight is 402 g/mol. The van der Waals surface area contributed by atoms with Crippen LogP contribution in [0.1, 0.15) is 29.3 Å². The number of hydrogen-bond donors (Lipinski definition) is 0. The van der Waals surface area contributed by atoms with Gasteiger partial charge in [0.15, 0.2) is 16.3 Å². The summed E-state index contributed by atoms with van der Waals surface area (Å²) < 4.78 is 11.3. The van der Waals surface area contributed by atoms with Gasteiger partial charge in [0, 0.05) is 24.6 Å². The highest BCUT2D eigenvalue weighted by Crippen LogP contribution is 2.34. The summed E-state index contributed by atoms with van der Waals surface area (Å²) in [5.74, 6) is 1.33. The number of hydrogen-bond acceptors (Lipinski definition) is 5. The van der Waals surface area contributed by atoms with E-state index in [4.69, 9.17) is 8.94 Å². The summed E-state index contributed by atoms with van der Waals surface area (Å²) in [6.45, 7) is 4.63. The van der Waals surface area contributed by atoms with Crippen molar-refractivity contribution in [2.75, 3.05) is 11.4 Å². The molecule has 6 nitrogen and oxygen atoms in total. The molecule has 0 N–H and O–H groups in total. The molecule has 7 heteroatoms. The van der Waals surface area contributed by atoms with Gasteiger partial charge in [-0.25, -0.2) is 0 Å². The number of halogens is 1. The number of aromatic nitrogens is 2. The summed E-state index contributed by atoms with van der Waals surface area (Å²) >= 11 is 3.25. The second kappa shape index (κ2) is 6.15. The third-order valence-electron chi connectivity index (χ3n) is 4.58. The van der Waals surface area contributed by atoms with Crippen molar-refractivity contribution < 1.29 is 13.7 Å². The molecule has 1 aromatic carbocycles. The van der Waals surface area contributed by atoms with Crippen molar-refractivity contribution in [2.45, 2.75) is 26.2 Å². The number of amides is 1. The first-order valence-corrected chi connectivity index (χ1v) is 8.78. The maximum atomic E-state index is 12.5. The highest BCUT2D eigenvalue weighted by atomic mass is 79.9. The maximum absolute atomic E-state index is 12.5. The smallest absolute Gasteiger partial charge is 0.293 e. The lowest BCUT2D eigenvalue weighted by molar-refractivity contribution is -0.117. The molecule has 2 aromatic heterocycles. The van der Waals surface area contributed by atoms with Crippen LogP contribution in [0.3, 0.4) is 0 Å². The molecule has 1 amide bonds. The van der Waals surface area contributed by atoms with E-state index >= 15 is 0 Å². The lowest BCUT2D eigenvalue weighted by Gasteiger charge is -2.19. The molecule has 0 radical (unpaired) electrons. The van der Waals surface area contributed by atoms with Gasteiger partial charge >= 0.3 is 0 Å². The van der Waals surface area contributed by atoms with Crippen LogP contribution in [0, 0.1) is 13.8 Å². The number of aryl methyl sites for hydroxylation is 1. The maximum Gasteiger partial charge on any atom is 0.293 e. The van der Waals surface area contributed by atoms with Crippen LogP contribution in [0.25, 0.3) is 11.7 Å². The van der Waals surface area contributed by atoms with Gasteiger partial charge in [0.2, 0.25) is 5.91 Å². The summed E-state index contributed by atoms with van der Waals surface area (Å²) in [5, 5.41) is 4.05. The fraction of sp³-hybridized carbons (Fsp3) is 0.278. The van der Waals surface area contributed by atoms with Gasteiger partial charge in [-0.15, -0.1) is 0 Å². The molecule has 1 unspecified atom stereocenters. The van der Waals surface area contributed by atoms with Crippen molar-refractivity contribution >= 4 is 27.5 Å². The molecule has 0 bridgehead atoms. The SMILES string of the molecule is Cc1cccc(N2CC(c3noc(-c4ccc(Br)o4)n3)CC2=O)c1C. The highest BCUT2D eigenvalue weighted by Gasteiger charge is 2.35. The summed E-state index contributed by atoms with van der Waals surface area (Å²) in [4.78, 5) is 18.7. The third-order valence-corrected chi connectivity index (χ3v) is 5.01. The van der Waals surface area contributed by atoms with Gasteiger partial charge in [-0.2, -0.15) is 4.98 Å². The van der Waals surface area contributed by atoms with Gasteiger partial charge in [-0.3, -0.25) is 4.79 Å². The van der Waals surface area contributed by atoms with Crippen molar-refractivity contribution in [1.29, 1.82) is 0 Å². The number of rotatable bonds is 3. The fourth-order valence-electron chi connectivity index (χ4n) is 3.07. The van der Waals surface area contributed by atoms with Crippen molar-refractivity contribution in [3.8, 4) is 11.7 Å². The summed E-state index contributed by atoms with van der Waals surface area (Å²) in [5.41, 5.74) is 3.23. The van der Waals surface area contributed by atoms with Crippen LogP contribution < -0.4 is 4.90 Å². The van der Waals surface area contributed by atoms with Crippen molar-refractivity contribution in [3.63, 3.8) is 0 Å². The number of benzene rings is 1.